The summed E-state index contributed by atoms with van der Waals surface area (Å²) in [6.07, 6.45) is 2.79. The van der Waals surface area contributed by atoms with E-state index in [0.717, 1.165) is 50.5 Å². The highest BCUT2D eigenvalue weighted by Crippen LogP contribution is 2.25. The van der Waals surface area contributed by atoms with Gasteiger partial charge in [0.15, 0.2) is 5.78 Å². The lowest BCUT2D eigenvalue weighted by atomic mass is 9.97. The number of ketones is 1. The molecule has 3 nitrogen and oxygen atoms in total. The van der Waals surface area contributed by atoms with Gasteiger partial charge in [-0.2, -0.15) is 0 Å². The van der Waals surface area contributed by atoms with Crippen molar-refractivity contribution >= 4 is 42.4 Å². The van der Waals surface area contributed by atoms with E-state index in [9.17, 15) is 4.79 Å². The van der Waals surface area contributed by atoms with Crippen LogP contribution in [-0.4, -0.2) is 54.1 Å². The number of hydrogen-bond acceptors (Lipinski definition) is 4. The normalized spacial score (nSPS) is 15.6. The first-order valence-corrected chi connectivity index (χ1v) is 11.5. The average Bonchev–Trinajstić information content (AvgIpc) is 2.74. The molecule has 166 valence electrons. The lowest BCUT2D eigenvalue weighted by Gasteiger charge is -2.39. The molecule has 0 N–H and O–H groups in total. The van der Waals surface area contributed by atoms with Gasteiger partial charge in [-0.25, -0.2) is 0 Å². The third-order valence-electron chi connectivity index (χ3n) is 5.32. The zero-order chi connectivity index (χ0) is 19.6. The number of halogens is 2. The Bertz CT molecular complexity index is 710. The average molecular weight is 470 g/mol. The number of nitrogens with zero attached hydrogens (tertiary/aromatic N) is 2. The fourth-order valence-corrected chi connectivity index (χ4v) is 4.72. The Morgan fingerprint density at radius 1 is 0.933 bits per heavy atom. The topological polar surface area (TPSA) is 23.6 Å². The summed E-state index contributed by atoms with van der Waals surface area (Å²) in [7, 11) is 0. The van der Waals surface area contributed by atoms with Crippen LogP contribution in [0.1, 0.15) is 37.8 Å². The second-order valence-corrected chi connectivity index (χ2v) is 8.59. The number of piperazine rings is 1. The monoisotopic (exact) mass is 468 g/mol. The van der Waals surface area contributed by atoms with Gasteiger partial charge in [-0.15, -0.1) is 36.6 Å². The van der Waals surface area contributed by atoms with Gasteiger partial charge in [0.2, 0.25) is 0 Å². The number of benzene rings is 2. The van der Waals surface area contributed by atoms with Crippen molar-refractivity contribution < 1.29 is 4.79 Å². The van der Waals surface area contributed by atoms with Gasteiger partial charge in [-0.1, -0.05) is 55.5 Å². The molecule has 2 aromatic carbocycles. The molecule has 0 aliphatic carbocycles. The lowest BCUT2D eigenvalue weighted by Crippen LogP contribution is -2.49. The van der Waals surface area contributed by atoms with Crippen molar-refractivity contribution in [3.63, 3.8) is 0 Å². The van der Waals surface area contributed by atoms with Crippen molar-refractivity contribution in [2.45, 2.75) is 37.1 Å². The molecule has 1 atom stereocenters. The molecular formula is C24H34Cl2N2OS. The smallest absolute Gasteiger partial charge is 0.154 e. The molecule has 1 heterocycles. The van der Waals surface area contributed by atoms with Gasteiger partial charge in [-0.05, 0) is 42.8 Å². The Morgan fingerprint density at radius 2 is 1.53 bits per heavy atom. The second-order valence-electron chi connectivity index (χ2n) is 7.42. The Labute approximate surface area is 198 Å². The third-order valence-corrected chi connectivity index (χ3v) is 6.42. The number of carbonyl (C=O) groups is 1. The minimum atomic E-state index is -0.0723. The van der Waals surface area contributed by atoms with Crippen molar-refractivity contribution in [3.05, 3.63) is 66.2 Å². The van der Waals surface area contributed by atoms with Crippen LogP contribution < -0.4 is 0 Å². The Hall–Kier alpha value is -1.04. The van der Waals surface area contributed by atoms with Gasteiger partial charge < -0.3 is 4.90 Å². The van der Waals surface area contributed by atoms with Crippen LogP contribution in [0.5, 0.6) is 0 Å². The van der Waals surface area contributed by atoms with Gasteiger partial charge in [0.1, 0.15) is 0 Å². The highest BCUT2D eigenvalue weighted by Gasteiger charge is 2.29. The number of carbonyl (C=O) groups excluding carboxylic acids is 1. The summed E-state index contributed by atoms with van der Waals surface area (Å²) in [4.78, 5) is 19.1. The highest BCUT2D eigenvalue weighted by molar-refractivity contribution is 7.99. The van der Waals surface area contributed by atoms with Crippen LogP contribution in [0.4, 0.5) is 0 Å². The Balaban J connectivity index is 0.00000225. The standard InChI is InChI=1S/C24H32N2OS.2ClH/c1-2-10-23(27)24(21-11-5-3-6-12-21)26-18-16-25(17-19-26)15-9-20-28-22-13-7-4-8-14-22;;/h3-8,11-14,24H,2,9-10,15-20H2,1H3;2*1H. The molecule has 3 rings (SSSR count). The van der Waals surface area contributed by atoms with Crippen molar-refractivity contribution in [3.8, 4) is 0 Å². The fourth-order valence-electron chi connectivity index (χ4n) is 3.86. The molecule has 0 spiro atoms. The molecule has 1 aliphatic heterocycles. The van der Waals surface area contributed by atoms with Gasteiger partial charge in [0.05, 0.1) is 6.04 Å². The zero-order valence-electron chi connectivity index (χ0n) is 17.7. The van der Waals surface area contributed by atoms with E-state index in [1.165, 1.54) is 11.3 Å². The maximum Gasteiger partial charge on any atom is 0.154 e. The largest absolute Gasteiger partial charge is 0.301 e. The van der Waals surface area contributed by atoms with Gasteiger partial charge >= 0.3 is 0 Å². The highest BCUT2D eigenvalue weighted by atomic mass is 35.5. The quantitative estimate of drug-likeness (QED) is 0.327. The van der Waals surface area contributed by atoms with Crippen molar-refractivity contribution in [2.24, 2.45) is 0 Å². The fraction of sp³-hybridized carbons (Fsp3) is 0.458. The van der Waals surface area contributed by atoms with Gasteiger partial charge in [-0.3, -0.25) is 9.69 Å². The van der Waals surface area contributed by atoms with Crippen LogP contribution in [0, 0.1) is 0 Å². The first-order chi connectivity index (χ1) is 13.8. The molecule has 1 aliphatic rings. The summed E-state index contributed by atoms with van der Waals surface area (Å²) in [6.45, 7) is 7.29. The van der Waals surface area contributed by atoms with Gasteiger partial charge in [0, 0.05) is 37.5 Å². The number of Topliss-reactive ketones (excluding diaryl/α,β-unsaturated/α-hetero) is 1. The molecule has 0 saturated carbocycles. The maximum absolute atomic E-state index is 12.8. The molecule has 1 fully saturated rings. The first kappa shape index (κ1) is 27.0. The summed E-state index contributed by atoms with van der Waals surface area (Å²) in [5.41, 5.74) is 1.15. The predicted octanol–water partition coefficient (Wildman–Crippen LogP) is 5.74. The number of thioether (sulfide) groups is 1. The Kier molecular flexibility index (Phi) is 13.4. The summed E-state index contributed by atoms with van der Waals surface area (Å²) >= 11 is 1.94. The number of hydrogen-bond donors (Lipinski definition) is 0. The molecule has 30 heavy (non-hydrogen) atoms. The minimum Gasteiger partial charge on any atom is -0.301 e. The van der Waals surface area contributed by atoms with E-state index >= 15 is 0 Å². The van der Waals surface area contributed by atoms with Crippen molar-refractivity contribution in [2.75, 3.05) is 38.5 Å². The molecule has 0 radical (unpaired) electrons. The van der Waals surface area contributed by atoms with E-state index < -0.39 is 0 Å². The minimum absolute atomic E-state index is 0. The molecule has 1 unspecified atom stereocenters. The molecular weight excluding hydrogens is 435 g/mol. The van der Waals surface area contributed by atoms with Crippen molar-refractivity contribution in [1.29, 1.82) is 0 Å². The van der Waals surface area contributed by atoms with E-state index in [-0.39, 0.29) is 30.9 Å². The van der Waals surface area contributed by atoms with Crippen LogP contribution in [0.25, 0.3) is 0 Å². The van der Waals surface area contributed by atoms with Crippen molar-refractivity contribution in [1.82, 2.24) is 9.80 Å². The number of rotatable bonds is 10. The zero-order valence-corrected chi connectivity index (χ0v) is 20.2. The Morgan fingerprint density at radius 3 is 2.13 bits per heavy atom. The second kappa shape index (κ2) is 14.9. The van der Waals surface area contributed by atoms with Gasteiger partial charge in [0.25, 0.3) is 0 Å². The molecule has 6 heteroatoms. The third kappa shape index (κ3) is 8.24. The molecule has 0 amide bonds. The van der Waals surface area contributed by atoms with Crippen LogP contribution in [0.15, 0.2) is 65.6 Å². The molecule has 0 bridgehead atoms. The van der Waals surface area contributed by atoms with Crippen LogP contribution in [-0.2, 0) is 4.79 Å². The van der Waals surface area contributed by atoms with Crippen LogP contribution in [0.3, 0.4) is 0 Å². The molecule has 0 aromatic heterocycles. The van der Waals surface area contributed by atoms with E-state index in [0.29, 0.717) is 12.2 Å². The van der Waals surface area contributed by atoms with Crippen LogP contribution in [0.2, 0.25) is 0 Å². The van der Waals surface area contributed by atoms with Crippen LogP contribution >= 0.6 is 36.6 Å². The van der Waals surface area contributed by atoms with E-state index in [1.807, 2.05) is 30.0 Å². The summed E-state index contributed by atoms with van der Waals surface area (Å²) in [5, 5.41) is 0. The molecule has 2 aromatic rings. The summed E-state index contributed by atoms with van der Waals surface area (Å²) < 4.78 is 0. The summed E-state index contributed by atoms with van der Waals surface area (Å²) in [5.74, 6) is 1.52. The first-order valence-electron chi connectivity index (χ1n) is 10.5. The SMILES string of the molecule is CCCC(=O)C(c1ccccc1)N1CCN(CCCSc2ccccc2)CC1.Cl.Cl. The van der Waals surface area contributed by atoms with E-state index in [4.69, 9.17) is 0 Å². The maximum atomic E-state index is 12.8. The molecule has 1 saturated heterocycles. The van der Waals surface area contributed by atoms with E-state index in [1.54, 1.807) is 0 Å². The summed E-state index contributed by atoms with van der Waals surface area (Å²) in [6, 6.07) is 20.9. The lowest BCUT2D eigenvalue weighted by molar-refractivity contribution is -0.125. The van der Waals surface area contributed by atoms with E-state index in [2.05, 4.69) is 59.2 Å². The predicted molar refractivity (Wildman–Crippen MR) is 133 cm³/mol.